The van der Waals surface area contributed by atoms with Crippen LogP contribution in [0.5, 0.6) is 5.75 Å². The van der Waals surface area contributed by atoms with E-state index in [4.69, 9.17) is 16.3 Å². The van der Waals surface area contributed by atoms with Crippen molar-refractivity contribution < 1.29 is 9.53 Å². The first-order chi connectivity index (χ1) is 16.7. The highest BCUT2D eigenvalue weighted by molar-refractivity contribution is 6.34. The molecule has 8 heteroatoms. The molecule has 1 saturated heterocycles. The number of aromatic nitrogens is 1. The van der Waals surface area contributed by atoms with Crippen LogP contribution in [-0.4, -0.2) is 49.2 Å². The summed E-state index contributed by atoms with van der Waals surface area (Å²) in [6, 6.07) is 9.59. The van der Waals surface area contributed by atoms with E-state index < -0.39 is 0 Å². The van der Waals surface area contributed by atoms with Crippen molar-refractivity contribution in [2.75, 3.05) is 32.6 Å². The van der Waals surface area contributed by atoms with E-state index in [0.29, 0.717) is 45.6 Å². The van der Waals surface area contributed by atoms with E-state index in [0.717, 1.165) is 36.1 Å². The number of benzene rings is 2. The van der Waals surface area contributed by atoms with Crippen LogP contribution in [0.3, 0.4) is 0 Å². The van der Waals surface area contributed by atoms with E-state index in [9.17, 15) is 9.59 Å². The summed E-state index contributed by atoms with van der Waals surface area (Å²) >= 11 is 6.46. The second kappa shape index (κ2) is 10.7. The number of pyridine rings is 1. The summed E-state index contributed by atoms with van der Waals surface area (Å²) in [5, 5.41) is 7.39. The van der Waals surface area contributed by atoms with Gasteiger partial charge in [-0.25, -0.2) is 4.79 Å². The first kappa shape index (κ1) is 25.1. The number of carbonyl (C=O) groups excluding carboxylic acids is 1. The summed E-state index contributed by atoms with van der Waals surface area (Å²) in [4.78, 5) is 30.0. The number of carbonyl (C=O) groups is 1. The van der Waals surface area contributed by atoms with Crippen molar-refractivity contribution in [2.24, 2.45) is 0 Å². The van der Waals surface area contributed by atoms with Gasteiger partial charge in [-0.15, -0.1) is 0 Å². The van der Waals surface area contributed by atoms with Gasteiger partial charge in [-0.1, -0.05) is 47.3 Å². The second-order valence-corrected chi connectivity index (χ2v) is 9.93. The number of aryl methyl sites for hydroxylation is 2. The lowest BCUT2D eigenvalue weighted by atomic mass is 9.99. The van der Waals surface area contributed by atoms with Crippen LogP contribution < -0.4 is 20.9 Å². The third-order valence-electron chi connectivity index (χ3n) is 6.34. The van der Waals surface area contributed by atoms with Crippen LogP contribution in [-0.2, 0) is 0 Å². The van der Waals surface area contributed by atoms with Gasteiger partial charge in [-0.05, 0) is 57.4 Å². The standard InChI is InChI=1S/C27H33ClN4O3/c1-16-11-17(2)13-18(12-16)24-25(35-10-8-19-7-5-6-9-29-19)20-14-23(31-27(34)32(3)4)21(28)15-22(20)30-26(24)33/h11-15,19,29H,5-10H2,1-4H3,(H,30,33)(H,31,34). The Morgan fingerprint density at radius 1 is 1.14 bits per heavy atom. The molecular weight excluding hydrogens is 464 g/mol. The molecule has 186 valence electrons. The normalized spacial score (nSPS) is 15.7. The number of ether oxygens (including phenoxy) is 1. The first-order valence-electron chi connectivity index (χ1n) is 12.1. The Kier molecular flexibility index (Phi) is 7.67. The number of amides is 2. The van der Waals surface area contributed by atoms with Gasteiger partial charge in [0.05, 0.1) is 28.4 Å². The minimum absolute atomic E-state index is 0.241. The molecule has 1 atom stereocenters. The number of anilines is 1. The summed E-state index contributed by atoms with van der Waals surface area (Å²) in [6.07, 6.45) is 4.39. The molecule has 0 saturated carbocycles. The van der Waals surface area contributed by atoms with Crippen LogP contribution in [0.4, 0.5) is 10.5 Å². The molecule has 1 aliphatic rings. The number of piperidine rings is 1. The highest BCUT2D eigenvalue weighted by atomic mass is 35.5. The molecule has 0 bridgehead atoms. The van der Waals surface area contributed by atoms with Gasteiger partial charge in [-0.3, -0.25) is 4.79 Å². The zero-order chi connectivity index (χ0) is 25.1. The van der Waals surface area contributed by atoms with Crippen LogP contribution in [0.15, 0.2) is 35.1 Å². The SMILES string of the molecule is Cc1cc(C)cc(-c2c(OCCC3CCCCN3)c3cc(NC(=O)N(C)C)c(Cl)cc3[nH]c2=O)c1. The van der Waals surface area contributed by atoms with E-state index in [1.54, 1.807) is 26.2 Å². The second-order valence-electron chi connectivity index (χ2n) is 9.52. The first-order valence-corrected chi connectivity index (χ1v) is 12.4. The lowest BCUT2D eigenvalue weighted by molar-refractivity contribution is 0.230. The van der Waals surface area contributed by atoms with E-state index in [-0.39, 0.29) is 11.6 Å². The Morgan fingerprint density at radius 2 is 1.89 bits per heavy atom. The molecule has 0 spiro atoms. The maximum absolute atomic E-state index is 13.3. The van der Waals surface area contributed by atoms with E-state index in [1.807, 2.05) is 26.0 Å². The van der Waals surface area contributed by atoms with E-state index >= 15 is 0 Å². The zero-order valence-corrected chi connectivity index (χ0v) is 21.5. The average Bonchev–Trinajstić information content (AvgIpc) is 2.79. The Morgan fingerprint density at radius 3 is 2.54 bits per heavy atom. The number of nitrogens with zero attached hydrogens (tertiary/aromatic N) is 1. The third kappa shape index (κ3) is 5.80. The quantitative estimate of drug-likeness (QED) is 0.422. The van der Waals surface area contributed by atoms with Crippen molar-refractivity contribution >= 4 is 34.2 Å². The van der Waals surface area contributed by atoms with Gasteiger partial charge in [0.1, 0.15) is 5.75 Å². The van der Waals surface area contributed by atoms with Gasteiger partial charge in [0.15, 0.2) is 0 Å². The molecule has 3 N–H and O–H groups in total. The number of hydrogen-bond donors (Lipinski definition) is 3. The fourth-order valence-corrected chi connectivity index (χ4v) is 4.83. The molecule has 3 aromatic rings. The number of rotatable bonds is 6. The van der Waals surface area contributed by atoms with Gasteiger partial charge in [0.2, 0.25) is 0 Å². The van der Waals surface area contributed by atoms with Crippen molar-refractivity contribution in [3.8, 4) is 16.9 Å². The van der Waals surface area contributed by atoms with Gasteiger partial charge in [0, 0.05) is 25.5 Å². The molecule has 1 aliphatic heterocycles. The fourth-order valence-electron chi connectivity index (χ4n) is 4.61. The number of urea groups is 1. The average molecular weight is 497 g/mol. The number of halogens is 1. The van der Waals surface area contributed by atoms with Gasteiger partial charge < -0.3 is 25.3 Å². The number of H-pyrrole nitrogens is 1. The fraction of sp³-hybridized carbons (Fsp3) is 0.407. The highest BCUT2D eigenvalue weighted by Gasteiger charge is 2.20. The zero-order valence-electron chi connectivity index (χ0n) is 20.8. The Balaban J connectivity index is 1.82. The van der Waals surface area contributed by atoms with Crippen molar-refractivity contribution in [3.63, 3.8) is 0 Å². The van der Waals surface area contributed by atoms with Crippen molar-refractivity contribution in [1.29, 1.82) is 0 Å². The third-order valence-corrected chi connectivity index (χ3v) is 6.65. The lowest BCUT2D eigenvalue weighted by Crippen LogP contribution is -2.35. The lowest BCUT2D eigenvalue weighted by Gasteiger charge is -2.24. The number of fused-ring (bicyclic) bond motifs is 1. The van der Waals surface area contributed by atoms with Crippen molar-refractivity contribution in [3.05, 3.63) is 56.8 Å². The predicted molar refractivity (Wildman–Crippen MR) is 143 cm³/mol. The van der Waals surface area contributed by atoms with Crippen molar-refractivity contribution in [2.45, 2.75) is 45.6 Å². The Hall–Kier alpha value is -3.03. The van der Waals surface area contributed by atoms with Gasteiger partial charge >= 0.3 is 6.03 Å². The molecule has 35 heavy (non-hydrogen) atoms. The van der Waals surface area contributed by atoms with E-state index in [2.05, 4.69) is 21.7 Å². The topological polar surface area (TPSA) is 86.5 Å². The molecule has 2 aromatic carbocycles. The molecule has 0 radical (unpaired) electrons. The summed E-state index contributed by atoms with van der Waals surface area (Å²) in [6.45, 7) is 5.52. The smallest absolute Gasteiger partial charge is 0.321 e. The summed E-state index contributed by atoms with van der Waals surface area (Å²) < 4.78 is 6.39. The van der Waals surface area contributed by atoms with Crippen LogP contribution in [0.1, 0.15) is 36.8 Å². The maximum atomic E-state index is 13.3. The van der Waals surface area contributed by atoms with E-state index in [1.165, 1.54) is 17.7 Å². The monoisotopic (exact) mass is 496 g/mol. The molecule has 1 unspecified atom stereocenters. The summed E-state index contributed by atoms with van der Waals surface area (Å²) in [7, 11) is 3.32. The Labute approximate surface area is 210 Å². The van der Waals surface area contributed by atoms with Crippen LogP contribution in [0.25, 0.3) is 22.0 Å². The van der Waals surface area contributed by atoms with Gasteiger partial charge in [0.25, 0.3) is 5.56 Å². The molecule has 1 fully saturated rings. The maximum Gasteiger partial charge on any atom is 0.321 e. The van der Waals surface area contributed by atoms with Crippen LogP contribution in [0, 0.1) is 13.8 Å². The summed E-state index contributed by atoms with van der Waals surface area (Å²) in [5.41, 5.74) is 4.17. The Bertz CT molecular complexity index is 1280. The molecule has 2 heterocycles. The number of aromatic amines is 1. The minimum Gasteiger partial charge on any atom is -0.492 e. The summed E-state index contributed by atoms with van der Waals surface area (Å²) in [5.74, 6) is 0.501. The molecule has 0 aliphatic carbocycles. The number of nitrogens with one attached hydrogen (secondary N) is 3. The number of hydrogen-bond acceptors (Lipinski definition) is 4. The van der Waals surface area contributed by atoms with Crippen molar-refractivity contribution in [1.82, 2.24) is 15.2 Å². The van der Waals surface area contributed by atoms with Crippen LogP contribution in [0.2, 0.25) is 5.02 Å². The van der Waals surface area contributed by atoms with Crippen LogP contribution >= 0.6 is 11.6 Å². The molecular formula is C27H33ClN4O3. The molecule has 2 amide bonds. The molecule has 4 rings (SSSR count). The largest absolute Gasteiger partial charge is 0.492 e. The highest BCUT2D eigenvalue weighted by Crippen LogP contribution is 2.38. The minimum atomic E-state index is -0.295. The van der Waals surface area contributed by atoms with Gasteiger partial charge in [-0.2, -0.15) is 0 Å². The molecule has 1 aromatic heterocycles. The predicted octanol–water partition coefficient (Wildman–Crippen LogP) is 5.47. The molecule has 7 nitrogen and oxygen atoms in total.